The number of ether oxygens (including phenoxy) is 1. The maximum Gasteiger partial charge on any atom is 0.330 e. The van der Waals surface area contributed by atoms with E-state index in [4.69, 9.17) is 5.26 Å². The molecular formula is C14H14N2O2S. The number of esters is 1. The molecule has 0 aliphatic rings. The number of thioether (sulfide) groups is 1. The highest BCUT2D eigenvalue weighted by molar-refractivity contribution is 8.06. The number of rotatable bonds is 5. The standard InChI is InChI=1S/C14H14N2O2S/c1-11(10-15)14(19-9-8-13(17)18-2)16-12-6-4-3-5-7-12/h3-9,16H,1-2H3/b9-8-,14-11+. The van der Waals surface area contributed by atoms with Crippen LogP contribution in [-0.2, 0) is 9.53 Å². The first-order valence-corrected chi connectivity index (χ1v) is 6.39. The third kappa shape index (κ3) is 5.32. The average Bonchev–Trinajstić information content (AvgIpc) is 2.46. The maximum absolute atomic E-state index is 11.0. The zero-order chi connectivity index (χ0) is 14.1. The molecule has 0 radical (unpaired) electrons. The number of allylic oxidation sites excluding steroid dienone is 1. The molecule has 0 aliphatic heterocycles. The number of hydrogen-bond acceptors (Lipinski definition) is 5. The Morgan fingerprint density at radius 1 is 1.42 bits per heavy atom. The van der Waals surface area contributed by atoms with Crippen LogP contribution in [0.5, 0.6) is 0 Å². The Bertz CT molecular complexity index is 530. The molecule has 1 N–H and O–H groups in total. The predicted molar refractivity (Wildman–Crippen MR) is 77.1 cm³/mol. The second-order valence-corrected chi connectivity index (χ2v) is 4.42. The van der Waals surface area contributed by atoms with Gasteiger partial charge in [-0.2, -0.15) is 5.26 Å². The zero-order valence-corrected chi connectivity index (χ0v) is 11.5. The van der Waals surface area contributed by atoms with Crippen LogP contribution in [0, 0.1) is 11.3 Å². The Morgan fingerprint density at radius 3 is 2.68 bits per heavy atom. The minimum atomic E-state index is -0.429. The summed E-state index contributed by atoms with van der Waals surface area (Å²) in [7, 11) is 1.32. The highest BCUT2D eigenvalue weighted by atomic mass is 32.2. The average molecular weight is 274 g/mol. The van der Waals surface area contributed by atoms with Crippen LogP contribution in [0.1, 0.15) is 6.92 Å². The van der Waals surface area contributed by atoms with Gasteiger partial charge in [0.1, 0.15) is 0 Å². The molecule has 0 bridgehead atoms. The largest absolute Gasteiger partial charge is 0.466 e. The molecular weight excluding hydrogens is 260 g/mol. The number of para-hydroxylation sites is 1. The molecule has 1 aromatic rings. The van der Waals surface area contributed by atoms with Gasteiger partial charge < -0.3 is 10.1 Å². The second kappa shape index (κ2) is 8.01. The zero-order valence-electron chi connectivity index (χ0n) is 10.7. The molecule has 0 aromatic heterocycles. The van der Waals surface area contributed by atoms with Crippen molar-refractivity contribution in [2.45, 2.75) is 6.92 Å². The molecule has 98 valence electrons. The number of carbonyl (C=O) groups excluding carboxylic acids is 1. The molecule has 4 nitrogen and oxygen atoms in total. The van der Waals surface area contributed by atoms with Crippen molar-refractivity contribution in [1.82, 2.24) is 0 Å². The van der Waals surface area contributed by atoms with Gasteiger partial charge in [0, 0.05) is 11.8 Å². The number of methoxy groups -OCH3 is 1. The fourth-order valence-electron chi connectivity index (χ4n) is 1.14. The lowest BCUT2D eigenvalue weighted by atomic mass is 10.3. The van der Waals surface area contributed by atoms with Crippen molar-refractivity contribution < 1.29 is 9.53 Å². The number of benzene rings is 1. The molecule has 0 aliphatic carbocycles. The van der Waals surface area contributed by atoms with Crippen molar-refractivity contribution in [3.8, 4) is 6.07 Å². The summed E-state index contributed by atoms with van der Waals surface area (Å²) in [5.41, 5.74) is 1.43. The van der Waals surface area contributed by atoms with Gasteiger partial charge in [0.05, 0.1) is 23.8 Å². The Balaban J connectivity index is 2.78. The third-order valence-electron chi connectivity index (χ3n) is 2.13. The molecule has 5 heteroatoms. The molecule has 19 heavy (non-hydrogen) atoms. The molecule has 0 saturated heterocycles. The summed E-state index contributed by atoms with van der Waals surface area (Å²) in [6.07, 6.45) is 1.31. The van der Waals surface area contributed by atoms with E-state index in [9.17, 15) is 4.79 Å². The Kier molecular flexibility index (Phi) is 6.27. The first kappa shape index (κ1) is 14.9. The van der Waals surface area contributed by atoms with Crippen molar-refractivity contribution in [2.24, 2.45) is 0 Å². The topological polar surface area (TPSA) is 62.1 Å². The fraction of sp³-hybridized carbons (Fsp3) is 0.143. The molecule has 0 amide bonds. The molecule has 0 saturated carbocycles. The van der Waals surface area contributed by atoms with Gasteiger partial charge in [-0.1, -0.05) is 30.0 Å². The van der Waals surface area contributed by atoms with Gasteiger partial charge in [0.15, 0.2) is 0 Å². The smallest absolute Gasteiger partial charge is 0.330 e. The summed E-state index contributed by atoms with van der Waals surface area (Å²) in [6, 6.07) is 11.6. The molecule has 0 heterocycles. The van der Waals surface area contributed by atoms with E-state index in [2.05, 4.69) is 16.1 Å². The normalized spacial score (nSPS) is 11.6. The monoisotopic (exact) mass is 274 g/mol. The van der Waals surface area contributed by atoms with E-state index in [1.165, 1.54) is 24.9 Å². The minimum absolute atomic E-state index is 0.429. The van der Waals surface area contributed by atoms with E-state index in [1.807, 2.05) is 30.3 Å². The van der Waals surface area contributed by atoms with Crippen molar-refractivity contribution in [1.29, 1.82) is 5.26 Å². The number of anilines is 1. The molecule has 1 rings (SSSR count). The summed E-state index contributed by atoms with van der Waals surface area (Å²) in [4.78, 5) is 11.0. The van der Waals surface area contributed by atoms with Crippen LogP contribution in [0.3, 0.4) is 0 Å². The molecule has 0 fully saturated rings. The summed E-state index contributed by atoms with van der Waals surface area (Å²) in [5.74, 6) is -0.429. The first-order valence-electron chi connectivity index (χ1n) is 5.51. The van der Waals surface area contributed by atoms with Crippen LogP contribution in [-0.4, -0.2) is 13.1 Å². The van der Waals surface area contributed by atoms with Gasteiger partial charge >= 0.3 is 5.97 Å². The second-order valence-electron chi connectivity index (χ2n) is 3.50. The van der Waals surface area contributed by atoms with Crippen LogP contribution >= 0.6 is 11.8 Å². The number of hydrogen-bond donors (Lipinski definition) is 1. The summed E-state index contributed by atoms with van der Waals surface area (Å²) in [5, 5.41) is 14.4. The van der Waals surface area contributed by atoms with Gasteiger partial charge in [-0.05, 0) is 24.5 Å². The summed E-state index contributed by atoms with van der Waals surface area (Å²) >= 11 is 1.26. The number of nitrogens with one attached hydrogen (secondary N) is 1. The van der Waals surface area contributed by atoms with Gasteiger partial charge in [-0.25, -0.2) is 4.79 Å². The van der Waals surface area contributed by atoms with Crippen LogP contribution in [0.4, 0.5) is 5.69 Å². The summed E-state index contributed by atoms with van der Waals surface area (Å²) in [6.45, 7) is 1.71. The van der Waals surface area contributed by atoms with Crippen LogP contribution in [0.2, 0.25) is 0 Å². The van der Waals surface area contributed by atoms with E-state index in [1.54, 1.807) is 12.3 Å². The number of nitriles is 1. The lowest BCUT2D eigenvalue weighted by Crippen LogP contribution is -1.98. The van der Waals surface area contributed by atoms with Crippen LogP contribution in [0.15, 0.2) is 52.4 Å². The van der Waals surface area contributed by atoms with Crippen molar-refractivity contribution >= 4 is 23.4 Å². The fourth-order valence-corrected chi connectivity index (χ4v) is 1.86. The third-order valence-corrected chi connectivity index (χ3v) is 3.05. The minimum Gasteiger partial charge on any atom is -0.466 e. The van der Waals surface area contributed by atoms with Crippen LogP contribution < -0.4 is 5.32 Å². The number of nitrogens with zero attached hydrogens (tertiary/aromatic N) is 1. The van der Waals surface area contributed by atoms with E-state index in [-0.39, 0.29) is 0 Å². The summed E-state index contributed by atoms with van der Waals surface area (Å²) < 4.78 is 4.50. The SMILES string of the molecule is COC(=O)/C=C\S/C(Nc1ccccc1)=C(\C)C#N. The van der Waals surface area contributed by atoms with Crippen LogP contribution in [0.25, 0.3) is 0 Å². The van der Waals surface area contributed by atoms with Crippen molar-refractivity contribution in [3.63, 3.8) is 0 Å². The van der Waals surface area contributed by atoms with E-state index < -0.39 is 5.97 Å². The number of carbonyl (C=O) groups is 1. The highest BCUT2D eigenvalue weighted by Gasteiger charge is 2.03. The molecule has 0 spiro atoms. The van der Waals surface area contributed by atoms with Crippen molar-refractivity contribution in [2.75, 3.05) is 12.4 Å². The molecule has 0 unspecified atom stereocenters. The highest BCUT2D eigenvalue weighted by Crippen LogP contribution is 2.23. The van der Waals surface area contributed by atoms with E-state index in [0.717, 1.165) is 5.69 Å². The van der Waals surface area contributed by atoms with Gasteiger partial charge in [0.25, 0.3) is 0 Å². The molecule has 1 aromatic carbocycles. The van der Waals surface area contributed by atoms with E-state index in [0.29, 0.717) is 10.6 Å². The quantitative estimate of drug-likeness (QED) is 0.507. The Morgan fingerprint density at radius 2 is 2.11 bits per heavy atom. The van der Waals surface area contributed by atoms with Gasteiger partial charge in [-0.15, -0.1) is 0 Å². The van der Waals surface area contributed by atoms with Gasteiger partial charge in [-0.3, -0.25) is 0 Å². The lowest BCUT2D eigenvalue weighted by molar-refractivity contribution is -0.134. The first-order chi connectivity index (χ1) is 9.17. The molecule has 0 atom stereocenters. The Hall–Kier alpha value is -2.19. The maximum atomic E-state index is 11.0. The van der Waals surface area contributed by atoms with Gasteiger partial charge in [0.2, 0.25) is 0 Å². The predicted octanol–water partition coefficient (Wildman–Crippen LogP) is 3.27. The van der Waals surface area contributed by atoms with E-state index >= 15 is 0 Å². The Labute approximate surface area is 116 Å². The lowest BCUT2D eigenvalue weighted by Gasteiger charge is -2.09. The van der Waals surface area contributed by atoms with Crippen molar-refractivity contribution in [3.05, 3.63) is 52.4 Å².